The quantitative estimate of drug-likeness (QED) is 0.325. The van der Waals surface area contributed by atoms with Gasteiger partial charge in [0.2, 0.25) is 0 Å². The Morgan fingerprint density at radius 1 is 1.15 bits per heavy atom. The minimum atomic E-state index is -0.909. The average Bonchev–Trinajstić information content (AvgIpc) is 2.94. The monoisotopic (exact) mass is 562 g/mol. The number of aromatic hydroxyl groups is 1. The largest absolute Gasteiger partial charge is 0.507 e. The van der Waals surface area contributed by atoms with Gasteiger partial charge in [-0.3, -0.25) is 19.1 Å². The van der Waals surface area contributed by atoms with Gasteiger partial charge in [-0.25, -0.2) is 13.8 Å². The summed E-state index contributed by atoms with van der Waals surface area (Å²) in [6.45, 7) is 9.80. The van der Waals surface area contributed by atoms with Crippen molar-refractivity contribution >= 4 is 22.6 Å². The Morgan fingerprint density at radius 3 is 2.54 bits per heavy atom. The third kappa shape index (κ3) is 4.90. The number of rotatable bonds is 6. The van der Waals surface area contributed by atoms with Crippen LogP contribution in [0.1, 0.15) is 48.3 Å². The molecule has 3 aromatic heterocycles. The van der Waals surface area contributed by atoms with E-state index >= 15 is 4.39 Å². The van der Waals surface area contributed by atoms with Crippen LogP contribution in [0.4, 0.5) is 14.5 Å². The first-order valence-electron chi connectivity index (χ1n) is 13.6. The molecule has 0 unspecified atom stereocenters. The molecule has 1 aliphatic heterocycles. The molecule has 11 heteroatoms. The molecule has 1 saturated heterocycles. The van der Waals surface area contributed by atoms with Gasteiger partial charge in [-0.1, -0.05) is 19.9 Å². The molecular weight excluding hydrogens is 530 g/mol. The smallest absolute Gasteiger partial charge is 0.271 e. The van der Waals surface area contributed by atoms with E-state index in [0.29, 0.717) is 43.1 Å². The SMILES string of the molecule is CCNC(=O)c1c(N2CCNCC2)c2cc(F)c(-c3c(O)cccc3F)nc2n(-c2c(C)ccnc2C(C)C)c1=O. The van der Waals surface area contributed by atoms with Gasteiger partial charge in [-0.05, 0) is 49.6 Å². The number of phenols is 1. The number of fused-ring (bicyclic) bond motifs is 1. The van der Waals surface area contributed by atoms with Crippen molar-refractivity contribution in [2.24, 2.45) is 0 Å². The number of hydrogen-bond acceptors (Lipinski definition) is 7. The Bertz CT molecular complexity index is 1690. The van der Waals surface area contributed by atoms with Gasteiger partial charge in [0.05, 0.1) is 22.6 Å². The van der Waals surface area contributed by atoms with Gasteiger partial charge in [0, 0.05) is 44.3 Å². The number of aromatic nitrogens is 3. The zero-order valence-electron chi connectivity index (χ0n) is 23.4. The van der Waals surface area contributed by atoms with Crippen LogP contribution in [0.3, 0.4) is 0 Å². The lowest BCUT2D eigenvalue weighted by atomic mass is 10.0. The zero-order valence-corrected chi connectivity index (χ0v) is 23.4. The van der Waals surface area contributed by atoms with E-state index in [9.17, 15) is 19.1 Å². The van der Waals surface area contributed by atoms with Crippen molar-refractivity contribution in [3.8, 4) is 22.7 Å². The van der Waals surface area contributed by atoms with Gasteiger partial charge in [-0.2, -0.15) is 0 Å². The van der Waals surface area contributed by atoms with Crippen LogP contribution >= 0.6 is 0 Å². The molecule has 3 N–H and O–H groups in total. The number of anilines is 1. The maximum Gasteiger partial charge on any atom is 0.271 e. The zero-order chi connectivity index (χ0) is 29.4. The fourth-order valence-corrected chi connectivity index (χ4v) is 5.35. The predicted octanol–water partition coefficient (Wildman–Crippen LogP) is 4.02. The number of phenolic OH excluding ortho intramolecular Hbond substituents is 1. The number of nitrogens with zero attached hydrogens (tertiary/aromatic N) is 4. The van der Waals surface area contributed by atoms with E-state index in [1.54, 1.807) is 19.2 Å². The minimum Gasteiger partial charge on any atom is -0.507 e. The Morgan fingerprint density at radius 2 is 1.88 bits per heavy atom. The summed E-state index contributed by atoms with van der Waals surface area (Å²) in [4.78, 5) is 39.0. The third-order valence-corrected chi connectivity index (χ3v) is 7.23. The normalized spacial score (nSPS) is 13.7. The summed E-state index contributed by atoms with van der Waals surface area (Å²) >= 11 is 0. The number of nitrogens with one attached hydrogen (secondary N) is 2. The second-order valence-corrected chi connectivity index (χ2v) is 10.3. The van der Waals surface area contributed by atoms with Gasteiger partial charge >= 0.3 is 0 Å². The number of aryl methyl sites for hydroxylation is 1. The summed E-state index contributed by atoms with van der Waals surface area (Å²) < 4.78 is 32.2. The van der Waals surface area contributed by atoms with Crippen molar-refractivity contribution < 1.29 is 18.7 Å². The minimum absolute atomic E-state index is 0.0219. The molecule has 214 valence electrons. The molecule has 1 fully saturated rings. The van der Waals surface area contributed by atoms with Gasteiger partial charge in [0.15, 0.2) is 11.5 Å². The number of halogens is 2. The molecule has 0 bridgehead atoms. The highest BCUT2D eigenvalue weighted by molar-refractivity contribution is 6.07. The van der Waals surface area contributed by atoms with Crippen molar-refractivity contribution in [3.63, 3.8) is 0 Å². The average molecular weight is 563 g/mol. The first kappa shape index (κ1) is 28.2. The number of amides is 1. The van der Waals surface area contributed by atoms with E-state index in [2.05, 4.69) is 20.6 Å². The van der Waals surface area contributed by atoms with Crippen LogP contribution in [-0.4, -0.2) is 58.3 Å². The molecule has 4 aromatic rings. The molecule has 1 amide bonds. The van der Waals surface area contributed by atoms with Gasteiger partial charge in [0.25, 0.3) is 11.5 Å². The molecule has 1 aromatic carbocycles. The molecule has 0 spiro atoms. The highest BCUT2D eigenvalue weighted by atomic mass is 19.1. The van der Waals surface area contributed by atoms with E-state index in [1.807, 2.05) is 25.7 Å². The molecule has 0 aliphatic carbocycles. The summed E-state index contributed by atoms with van der Waals surface area (Å²) in [5.41, 5.74) is 0.292. The Labute approximate surface area is 235 Å². The van der Waals surface area contributed by atoms with E-state index in [-0.39, 0.29) is 34.7 Å². The summed E-state index contributed by atoms with van der Waals surface area (Å²) in [5, 5.41) is 16.7. The summed E-state index contributed by atoms with van der Waals surface area (Å²) in [5.74, 6) is -2.99. The van der Waals surface area contributed by atoms with Crippen molar-refractivity contribution in [2.75, 3.05) is 37.6 Å². The van der Waals surface area contributed by atoms with E-state index < -0.39 is 40.1 Å². The lowest BCUT2D eigenvalue weighted by Crippen LogP contribution is -2.46. The Balaban J connectivity index is 2.01. The molecule has 0 atom stereocenters. The summed E-state index contributed by atoms with van der Waals surface area (Å²) in [6.07, 6.45) is 1.64. The number of benzene rings is 1. The number of hydrogen-bond donors (Lipinski definition) is 3. The molecule has 4 heterocycles. The fourth-order valence-electron chi connectivity index (χ4n) is 5.35. The number of pyridine rings is 3. The molecule has 0 saturated carbocycles. The number of carbonyl (C=O) groups excluding carboxylic acids is 1. The van der Waals surface area contributed by atoms with Crippen molar-refractivity contribution in [1.29, 1.82) is 0 Å². The Kier molecular flexibility index (Phi) is 7.72. The van der Waals surface area contributed by atoms with Crippen LogP contribution in [0, 0.1) is 18.6 Å². The second kappa shape index (κ2) is 11.2. The standard InChI is InChI=1S/C30H32F2N6O3/c1-5-34-29(40)23-27(37-13-11-33-12-14-37)18-15-20(32)25(22-19(31)7-6-8-21(22)39)36-28(18)38(30(23)41)26-17(4)9-10-35-24(26)16(2)3/h6-10,15-16,33,39H,5,11-14H2,1-4H3,(H,34,40). The fraction of sp³-hybridized carbons (Fsp3) is 0.333. The van der Waals surface area contributed by atoms with Crippen LogP contribution in [0.15, 0.2) is 41.3 Å². The van der Waals surface area contributed by atoms with E-state index in [1.165, 1.54) is 22.8 Å². The molecule has 41 heavy (non-hydrogen) atoms. The molecule has 9 nitrogen and oxygen atoms in total. The maximum absolute atomic E-state index is 15.9. The van der Waals surface area contributed by atoms with Crippen LogP contribution < -0.4 is 21.1 Å². The third-order valence-electron chi connectivity index (χ3n) is 7.23. The highest BCUT2D eigenvalue weighted by Crippen LogP contribution is 2.38. The highest BCUT2D eigenvalue weighted by Gasteiger charge is 2.31. The summed E-state index contributed by atoms with van der Waals surface area (Å²) in [7, 11) is 0. The Hall–Kier alpha value is -4.38. The molecule has 0 radical (unpaired) electrons. The number of carbonyl (C=O) groups is 1. The van der Waals surface area contributed by atoms with Crippen LogP contribution in [0.25, 0.3) is 28.0 Å². The predicted molar refractivity (Wildman–Crippen MR) is 154 cm³/mol. The molecule has 1 aliphatic rings. The van der Waals surface area contributed by atoms with E-state index in [0.717, 1.165) is 6.07 Å². The van der Waals surface area contributed by atoms with Crippen LogP contribution in [-0.2, 0) is 0 Å². The summed E-state index contributed by atoms with van der Waals surface area (Å²) in [6, 6.07) is 6.55. The van der Waals surface area contributed by atoms with E-state index in [4.69, 9.17) is 0 Å². The van der Waals surface area contributed by atoms with Crippen molar-refractivity contribution in [3.05, 3.63) is 75.3 Å². The first-order chi connectivity index (χ1) is 19.6. The van der Waals surface area contributed by atoms with Crippen LogP contribution in [0.2, 0.25) is 0 Å². The van der Waals surface area contributed by atoms with Gasteiger partial charge < -0.3 is 20.6 Å². The van der Waals surface area contributed by atoms with Gasteiger partial charge in [-0.15, -0.1) is 0 Å². The number of piperazine rings is 1. The lowest BCUT2D eigenvalue weighted by molar-refractivity contribution is 0.0954. The molecular formula is C30H32F2N6O3. The van der Waals surface area contributed by atoms with Crippen LogP contribution in [0.5, 0.6) is 5.75 Å². The topological polar surface area (TPSA) is 112 Å². The van der Waals surface area contributed by atoms with Gasteiger partial charge in [0.1, 0.15) is 22.8 Å². The van der Waals surface area contributed by atoms with Crippen molar-refractivity contribution in [2.45, 2.75) is 33.6 Å². The maximum atomic E-state index is 15.9. The van der Waals surface area contributed by atoms with Crippen molar-refractivity contribution in [1.82, 2.24) is 25.2 Å². The molecule has 5 rings (SSSR count). The lowest BCUT2D eigenvalue weighted by Gasteiger charge is -2.32. The first-order valence-corrected chi connectivity index (χ1v) is 13.6. The second-order valence-electron chi connectivity index (χ2n) is 10.3.